The van der Waals surface area contributed by atoms with E-state index < -0.39 is 5.97 Å². The number of aliphatic imine (C=N–C) groups is 1. The van der Waals surface area contributed by atoms with Crippen LogP contribution in [-0.4, -0.2) is 23.4 Å². The zero-order valence-corrected chi connectivity index (χ0v) is 11.0. The highest BCUT2D eigenvalue weighted by Gasteiger charge is 2.29. The van der Waals surface area contributed by atoms with Crippen molar-refractivity contribution in [1.82, 2.24) is 0 Å². The number of nitrogens with zero attached hydrogens (tertiary/aromatic N) is 1. The van der Waals surface area contributed by atoms with Crippen LogP contribution in [0.3, 0.4) is 0 Å². The summed E-state index contributed by atoms with van der Waals surface area (Å²) >= 11 is 1.37. The van der Waals surface area contributed by atoms with Gasteiger partial charge in [-0.2, -0.15) is 4.89 Å². The molecular weight excluding hydrogens is 262 g/mol. The van der Waals surface area contributed by atoms with Gasteiger partial charge in [-0.15, -0.1) is 0 Å². The number of allylic oxidation sites excluding steroid dienone is 1. The summed E-state index contributed by atoms with van der Waals surface area (Å²) in [6, 6.07) is 7.99. The average Bonchev–Trinajstić information content (AvgIpc) is 2.77. The number of fused-ring (bicyclic) bond motifs is 2. The SMILES string of the molecule is COOC(=O)C1=NC2=c3ccccc3=CC=CC2S1. The Morgan fingerprint density at radius 1 is 1.37 bits per heavy atom. The summed E-state index contributed by atoms with van der Waals surface area (Å²) in [5, 5.41) is 2.51. The van der Waals surface area contributed by atoms with Crippen molar-refractivity contribution >= 4 is 34.5 Å². The molecule has 1 unspecified atom stereocenters. The molecule has 0 spiro atoms. The Labute approximate surface area is 114 Å². The van der Waals surface area contributed by atoms with E-state index >= 15 is 0 Å². The van der Waals surface area contributed by atoms with Gasteiger partial charge in [-0.3, -0.25) is 4.89 Å². The molecule has 1 aromatic rings. The lowest BCUT2D eigenvalue weighted by molar-refractivity contribution is -0.246. The predicted molar refractivity (Wildman–Crippen MR) is 74.6 cm³/mol. The number of benzene rings is 1. The maximum Gasteiger partial charge on any atom is 0.397 e. The molecule has 96 valence electrons. The monoisotopic (exact) mass is 273 g/mol. The summed E-state index contributed by atoms with van der Waals surface area (Å²) in [5.41, 5.74) is 0.883. The van der Waals surface area contributed by atoms with E-state index in [2.05, 4.69) is 14.8 Å². The standard InChI is InChI=1S/C14H11NO3S/c1-17-18-14(16)13-15-12-10-7-3-2-5-9(10)6-4-8-11(12)19-13/h2-8,11H,1H3. The number of carbonyl (C=O) groups is 1. The van der Waals surface area contributed by atoms with Crippen LogP contribution in [-0.2, 0) is 14.6 Å². The normalized spacial score (nSPS) is 19.9. The van der Waals surface area contributed by atoms with Crippen molar-refractivity contribution < 1.29 is 14.6 Å². The summed E-state index contributed by atoms with van der Waals surface area (Å²) in [6.45, 7) is 0. The highest BCUT2D eigenvalue weighted by molar-refractivity contribution is 8.17. The number of thioether (sulfide) groups is 1. The fourth-order valence-corrected chi connectivity index (χ4v) is 3.04. The molecule has 1 aliphatic carbocycles. The number of carbonyl (C=O) groups excluding carboxylic acids is 1. The molecule has 0 radical (unpaired) electrons. The van der Waals surface area contributed by atoms with Crippen molar-refractivity contribution in [3.05, 3.63) is 46.9 Å². The number of hydrogen-bond donors (Lipinski definition) is 0. The van der Waals surface area contributed by atoms with Gasteiger partial charge in [0.15, 0.2) is 5.04 Å². The zero-order valence-electron chi connectivity index (χ0n) is 10.2. The molecule has 0 fully saturated rings. The third kappa shape index (κ3) is 2.22. The van der Waals surface area contributed by atoms with E-state index in [4.69, 9.17) is 0 Å². The summed E-state index contributed by atoms with van der Waals surface area (Å²) in [6.07, 6.45) is 6.06. The Morgan fingerprint density at radius 3 is 3.05 bits per heavy atom. The van der Waals surface area contributed by atoms with Crippen molar-refractivity contribution in [2.75, 3.05) is 7.11 Å². The zero-order chi connectivity index (χ0) is 13.2. The second-order valence-corrected chi connectivity index (χ2v) is 5.15. The molecule has 0 amide bonds. The lowest BCUT2D eigenvalue weighted by Crippen LogP contribution is -2.26. The molecule has 1 heterocycles. The Balaban J connectivity index is 2.14. The molecule has 1 aromatic carbocycles. The largest absolute Gasteiger partial charge is 0.397 e. The minimum Gasteiger partial charge on any atom is -0.291 e. The quantitative estimate of drug-likeness (QED) is 0.590. The maximum atomic E-state index is 11.6. The Kier molecular flexibility index (Phi) is 3.23. The van der Waals surface area contributed by atoms with Crippen LogP contribution in [0.2, 0.25) is 0 Å². The first-order valence-electron chi connectivity index (χ1n) is 5.77. The lowest BCUT2D eigenvalue weighted by Gasteiger charge is -2.02. The van der Waals surface area contributed by atoms with E-state index in [9.17, 15) is 4.79 Å². The molecule has 0 saturated carbocycles. The fourth-order valence-electron chi connectivity index (χ4n) is 2.06. The summed E-state index contributed by atoms with van der Waals surface area (Å²) < 4.78 is 0. The van der Waals surface area contributed by atoms with E-state index in [1.54, 1.807) is 0 Å². The van der Waals surface area contributed by atoms with Gasteiger partial charge in [-0.1, -0.05) is 54.3 Å². The second kappa shape index (κ2) is 5.03. The van der Waals surface area contributed by atoms with E-state index in [0.29, 0.717) is 5.04 Å². The smallest absolute Gasteiger partial charge is 0.291 e. The van der Waals surface area contributed by atoms with E-state index in [1.165, 1.54) is 18.9 Å². The van der Waals surface area contributed by atoms with Gasteiger partial charge in [0.2, 0.25) is 0 Å². The topological polar surface area (TPSA) is 47.9 Å². The van der Waals surface area contributed by atoms with Gasteiger partial charge in [0.25, 0.3) is 0 Å². The number of hydrogen-bond acceptors (Lipinski definition) is 5. The van der Waals surface area contributed by atoms with Crippen LogP contribution >= 0.6 is 11.8 Å². The van der Waals surface area contributed by atoms with E-state index in [0.717, 1.165) is 16.1 Å². The third-order valence-corrected chi connectivity index (χ3v) is 3.98. The lowest BCUT2D eigenvalue weighted by atomic mass is 10.2. The highest BCUT2D eigenvalue weighted by atomic mass is 32.2. The van der Waals surface area contributed by atoms with Crippen LogP contribution in [0, 0.1) is 0 Å². The third-order valence-electron chi connectivity index (χ3n) is 2.86. The Morgan fingerprint density at radius 2 is 2.21 bits per heavy atom. The molecular formula is C14H11NO3S. The molecule has 2 aliphatic rings. The van der Waals surface area contributed by atoms with Crippen LogP contribution in [0.5, 0.6) is 0 Å². The van der Waals surface area contributed by atoms with Crippen molar-refractivity contribution in [2.45, 2.75) is 5.25 Å². The minimum atomic E-state index is -0.553. The molecule has 1 aliphatic heterocycles. The maximum absolute atomic E-state index is 11.6. The molecule has 0 bridgehead atoms. The molecule has 5 heteroatoms. The molecule has 0 aromatic heterocycles. The molecule has 1 atom stereocenters. The van der Waals surface area contributed by atoms with Gasteiger partial charge >= 0.3 is 5.97 Å². The Hall–Kier alpha value is -1.85. The van der Waals surface area contributed by atoms with Crippen LogP contribution in [0.15, 0.2) is 41.4 Å². The fraction of sp³-hybridized carbons (Fsp3) is 0.143. The summed E-state index contributed by atoms with van der Waals surface area (Å²) in [5.74, 6) is -0.553. The van der Waals surface area contributed by atoms with E-state index in [-0.39, 0.29) is 5.25 Å². The van der Waals surface area contributed by atoms with E-state index in [1.807, 2.05) is 42.5 Å². The van der Waals surface area contributed by atoms with Crippen LogP contribution in [0.1, 0.15) is 0 Å². The van der Waals surface area contributed by atoms with Crippen molar-refractivity contribution in [1.29, 1.82) is 0 Å². The van der Waals surface area contributed by atoms with Crippen LogP contribution < -0.4 is 10.4 Å². The van der Waals surface area contributed by atoms with Crippen LogP contribution in [0.4, 0.5) is 0 Å². The van der Waals surface area contributed by atoms with Gasteiger partial charge in [0.1, 0.15) is 0 Å². The first-order chi connectivity index (χ1) is 9.29. The first kappa shape index (κ1) is 12.2. The van der Waals surface area contributed by atoms with Crippen molar-refractivity contribution in [2.24, 2.45) is 4.99 Å². The molecule has 19 heavy (non-hydrogen) atoms. The van der Waals surface area contributed by atoms with Gasteiger partial charge < -0.3 is 0 Å². The van der Waals surface area contributed by atoms with Crippen molar-refractivity contribution in [3.63, 3.8) is 0 Å². The van der Waals surface area contributed by atoms with Gasteiger partial charge in [0, 0.05) is 5.22 Å². The number of rotatable bonds is 2. The minimum absolute atomic E-state index is 0.0410. The van der Waals surface area contributed by atoms with Crippen molar-refractivity contribution in [3.8, 4) is 0 Å². The van der Waals surface area contributed by atoms with Gasteiger partial charge in [-0.25, -0.2) is 9.79 Å². The predicted octanol–water partition coefficient (Wildman–Crippen LogP) is 0.764. The molecule has 3 rings (SSSR count). The second-order valence-electron chi connectivity index (χ2n) is 4.02. The van der Waals surface area contributed by atoms with Crippen LogP contribution in [0.25, 0.3) is 11.8 Å². The van der Waals surface area contributed by atoms with Gasteiger partial charge in [0.05, 0.1) is 18.1 Å². The summed E-state index contributed by atoms with van der Waals surface area (Å²) in [7, 11) is 1.30. The highest BCUT2D eigenvalue weighted by Crippen LogP contribution is 2.32. The van der Waals surface area contributed by atoms with Gasteiger partial charge in [-0.05, 0) is 5.22 Å². The Bertz CT molecular complexity index is 706. The average molecular weight is 273 g/mol. The molecule has 0 N–H and O–H groups in total. The summed E-state index contributed by atoms with van der Waals surface area (Å²) in [4.78, 5) is 24.9. The molecule has 4 nitrogen and oxygen atoms in total. The first-order valence-corrected chi connectivity index (χ1v) is 6.65. The molecule has 0 saturated heterocycles.